The number of nitrogens with zero attached hydrogens (tertiary/aromatic N) is 2. The fraction of sp³-hybridized carbons (Fsp3) is 1.00. The van der Waals surface area contributed by atoms with Crippen LogP contribution in [0.25, 0.3) is 0 Å². The van der Waals surface area contributed by atoms with Crippen LogP contribution in [0.5, 0.6) is 0 Å². The molecule has 0 aromatic heterocycles. The Morgan fingerprint density at radius 2 is 1.86 bits per heavy atom. The fourth-order valence-electron chi connectivity index (χ4n) is 3.26. The van der Waals surface area contributed by atoms with Crippen LogP contribution < -0.4 is 0 Å². The second-order valence-corrected chi connectivity index (χ2v) is 5.26. The molecule has 2 heterocycles. The third kappa shape index (κ3) is 2.29. The topological polar surface area (TPSA) is 6.48 Å². The molecule has 0 spiro atoms. The summed E-state index contributed by atoms with van der Waals surface area (Å²) in [5.74, 6) is 0.944. The van der Waals surface area contributed by atoms with Crippen LogP contribution >= 0.6 is 0 Å². The van der Waals surface area contributed by atoms with Crippen LogP contribution in [0.4, 0.5) is 0 Å². The molecule has 0 saturated carbocycles. The summed E-state index contributed by atoms with van der Waals surface area (Å²) in [5, 5.41) is 0. The molecule has 0 aliphatic carbocycles. The molecule has 2 aliphatic heterocycles. The molecule has 82 valence electrons. The first-order valence-corrected chi connectivity index (χ1v) is 6.16. The zero-order chi connectivity index (χ0) is 9.97. The van der Waals surface area contributed by atoms with Crippen molar-refractivity contribution in [1.82, 2.24) is 9.80 Å². The molecule has 0 bridgehead atoms. The lowest BCUT2D eigenvalue weighted by Gasteiger charge is -2.45. The Labute approximate surface area is 88.3 Å². The van der Waals surface area contributed by atoms with Crippen molar-refractivity contribution in [3.63, 3.8) is 0 Å². The second kappa shape index (κ2) is 4.63. The lowest BCUT2D eigenvalue weighted by molar-refractivity contribution is 0.0479. The zero-order valence-corrected chi connectivity index (χ0v) is 9.71. The number of hydrogen-bond acceptors (Lipinski definition) is 2. The minimum atomic E-state index is 0.917. The smallest absolute Gasteiger partial charge is 0.0136 e. The van der Waals surface area contributed by atoms with Gasteiger partial charge in [0.2, 0.25) is 0 Å². The normalized spacial score (nSPS) is 34.5. The summed E-state index contributed by atoms with van der Waals surface area (Å²) in [6.45, 7) is 4.03. The van der Waals surface area contributed by atoms with Crippen molar-refractivity contribution in [3.05, 3.63) is 0 Å². The van der Waals surface area contributed by atoms with Crippen LogP contribution in [0.2, 0.25) is 0 Å². The maximum absolute atomic E-state index is 2.75. The molecular weight excluding hydrogens is 172 g/mol. The molecule has 0 amide bonds. The summed E-state index contributed by atoms with van der Waals surface area (Å²) in [4.78, 5) is 5.12. The van der Waals surface area contributed by atoms with Gasteiger partial charge in [0.25, 0.3) is 0 Å². The van der Waals surface area contributed by atoms with E-state index in [9.17, 15) is 0 Å². The highest BCUT2D eigenvalue weighted by molar-refractivity contribution is 4.87. The number of rotatable bonds is 2. The Morgan fingerprint density at radius 3 is 2.64 bits per heavy atom. The van der Waals surface area contributed by atoms with E-state index in [1.165, 1.54) is 51.7 Å². The summed E-state index contributed by atoms with van der Waals surface area (Å²) in [5.41, 5.74) is 0. The molecule has 2 saturated heterocycles. The van der Waals surface area contributed by atoms with Gasteiger partial charge in [-0.25, -0.2) is 0 Å². The van der Waals surface area contributed by atoms with Crippen molar-refractivity contribution < 1.29 is 0 Å². The first-order valence-electron chi connectivity index (χ1n) is 6.16. The van der Waals surface area contributed by atoms with Crippen molar-refractivity contribution >= 4 is 0 Å². The first-order chi connectivity index (χ1) is 6.77. The van der Waals surface area contributed by atoms with Gasteiger partial charge < -0.3 is 9.80 Å². The Bertz CT molecular complexity index is 177. The summed E-state index contributed by atoms with van der Waals surface area (Å²) < 4.78 is 0. The van der Waals surface area contributed by atoms with E-state index < -0.39 is 0 Å². The zero-order valence-electron chi connectivity index (χ0n) is 9.71. The lowest BCUT2D eigenvalue weighted by Crippen LogP contribution is -2.50. The molecule has 14 heavy (non-hydrogen) atoms. The van der Waals surface area contributed by atoms with Gasteiger partial charge in [-0.05, 0) is 58.8 Å². The van der Waals surface area contributed by atoms with Crippen LogP contribution in [0.1, 0.15) is 32.1 Å². The van der Waals surface area contributed by atoms with Gasteiger partial charge in [0.1, 0.15) is 0 Å². The molecule has 0 unspecified atom stereocenters. The van der Waals surface area contributed by atoms with Crippen LogP contribution in [-0.4, -0.2) is 49.6 Å². The highest BCUT2D eigenvalue weighted by Crippen LogP contribution is 2.30. The second-order valence-electron chi connectivity index (χ2n) is 5.26. The molecule has 0 aromatic carbocycles. The van der Waals surface area contributed by atoms with E-state index in [0.29, 0.717) is 0 Å². The molecule has 2 atom stereocenters. The molecule has 2 rings (SSSR count). The number of fused-ring (bicyclic) bond motifs is 1. The van der Waals surface area contributed by atoms with Crippen LogP contribution in [0.15, 0.2) is 0 Å². The van der Waals surface area contributed by atoms with Gasteiger partial charge in [-0.1, -0.05) is 6.42 Å². The molecule has 0 N–H and O–H groups in total. The fourth-order valence-corrected chi connectivity index (χ4v) is 3.26. The number of piperidine rings is 2. The highest BCUT2D eigenvalue weighted by Gasteiger charge is 2.32. The number of hydrogen-bond donors (Lipinski definition) is 0. The summed E-state index contributed by atoms with van der Waals surface area (Å²) >= 11 is 0. The average Bonchev–Trinajstić information content (AvgIpc) is 2.18. The van der Waals surface area contributed by atoms with Crippen LogP contribution in [-0.2, 0) is 0 Å². The van der Waals surface area contributed by atoms with E-state index >= 15 is 0 Å². The standard InChI is InChI=1S/C12H24N2/c1-13(2)10-11-6-5-9-14-8-4-3-7-12(11)14/h11-12H,3-10H2,1-2H3/t11-,12-/m0/s1. The predicted octanol–water partition coefficient (Wildman–Crippen LogP) is 1.81. The van der Waals surface area contributed by atoms with E-state index in [1.54, 1.807) is 0 Å². The first kappa shape index (κ1) is 10.4. The van der Waals surface area contributed by atoms with Gasteiger partial charge in [0.15, 0.2) is 0 Å². The summed E-state index contributed by atoms with van der Waals surface area (Å²) in [7, 11) is 4.42. The minimum absolute atomic E-state index is 0.917. The van der Waals surface area contributed by atoms with Crippen molar-refractivity contribution in [2.75, 3.05) is 33.7 Å². The van der Waals surface area contributed by atoms with E-state index in [-0.39, 0.29) is 0 Å². The summed E-state index contributed by atoms with van der Waals surface area (Å²) in [6.07, 6.45) is 7.24. The van der Waals surface area contributed by atoms with Crippen molar-refractivity contribution in [1.29, 1.82) is 0 Å². The van der Waals surface area contributed by atoms with Crippen molar-refractivity contribution in [2.24, 2.45) is 5.92 Å². The van der Waals surface area contributed by atoms with Crippen molar-refractivity contribution in [2.45, 2.75) is 38.1 Å². The molecule has 0 aromatic rings. The Morgan fingerprint density at radius 1 is 1.07 bits per heavy atom. The van der Waals surface area contributed by atoms with Crippen LogP contribution in [0.3, 0.4) is 0 Å². The third-order valence-electron chi connectivity index (χ3n) is 3.83. The monoisotopic (exact) mass is 196 g/mol. The predicted molar refractivity (Wildman–Crippen MR) is 60.5 cm³/mol. The average molecular weight is 196 g/mol. The van der Waals surface area contributed by atoms with Gasteiger partial charge in [-0.3, -0.25) is 0 Å². The SMILES string of the molecule is CN(C)C[C@@H]1CCCN2CCCC[C@@H]12. The van der Waals surface area contributed by atoms with E-state index in [0.717, 1.165) is 12.0 Å². The molecule has 2 heteroatoms. The third-order valence-corrected chi connectivity index (χ3v) is 3.83. The van der Waals surface area contributed by atoms with E-state index in [4.69, 9.17) is 0 Å². The molecular formula is C12H24N2. The molecule has 0 radical (unpaired) electrons. The molecule has 2 fully saturated rings. The van der Waals surface area contributed by atoms with Gasteiger partial charge in [0, 0.05) is 12.6 Å². The van der Waals surface area contributed by atoms with E-state index in [1.807, 2.05) is 0 Å². The Hall–Kier alpha value is -0.0800. The molecule has 2 aliphatic rings. The van der Waals surface area contributed by atoms with E-state index in [2.05, 4.69) is 23.9 Å². The molecule has 2 nitrogen and oxygen atoms in total. The lowest BCUT2D eigenvalue weighted by atomic mass is 9.83. The Balaban J connectivity index is 1.94. The quantitative estimate of drug-likeness (QED) is 0.664. The van der Waals surface area contributed by atoms with Crippen molar-refractivity contribution in [3.8, 4) is 0 Å². The van der Waals surface area contributed by atoms with Gasteiger partial charge in [0.05, 0.1) is 0 Å². The van der Waals surface area contributed by atoms with Gasteiger partial charge in [-0.15, -0.1) is 0 Å². The Kier molecular flexibility index (Phi) is 3.45. The largest absolute Gasteiger partial charge is 0.309 e. The van der Waals surface area contributed by atoms with Gasteiger partial charge in [-0.2, -0.15) is 0 Å². The van der Waals surface area contributed by atoms with Gasteiger partial charge >= 0.3 is 0 Å². The maximum atomic E-state index is 2.75. The maximum Gasteiger partial charge on any atom is 0.0136 e. The van der Waals surface area contributed by atoms with Crippen LogP contribution in [0, 0.1) is 5.92 Å². The minimum Gasteiger partial charge on any atom is -0.309 e. The summed E-state index contributed by atoms with van der Waals surface area (Å²) in [6, 6.07) is 0.917. The highest BCUT2D eigenvalue weighted by atomic mass is 15.2.